The van der Waals surface area contributed by atoms with Crippen molar-refractivity contribution in [3.63, 3.8) is 0 Å². The highest BCUT2D eigenvalue weighted by Crippen LogP contribution is 2.49. The molecule has 0 bridgehead atoms. The summed E-state index contributed by atoms with van der Waals surface area (Å²) in [5.74, 6) is -1.16. The Balaban J connectivity index is 2.12. The van der Waals surface area contributed by atoms with Gasteiger partial charge in [0.2, 0.25) is 5.96 Å². The molecule has 1 aromatic rings. The van der Waals surface area contributed by atoms with Crippen molar-refractivity contribution in [2.45, 2.75) is 56.1 Å². The van der Waals surface area contributed by atoms with E-state index in [0.29, 0.717) is 0 Å². The summed E-state index contributed by atoms with van der Waals surface area (Å²) in [5, 5.41) is 9.13. The maximum absolute atomic E-state index is 14.9. The summed E-state index contributed by atoms with van der Waals surface area (Å²) in [4.78, 5) is 16.5. The van der Waals surface area contributed by atoms with Gasteiger partial charge in [0.15, 0.2) is 0 Å². The highest BCUT2D eigenvalue weighted by atomic mass is 32.2. The summed E-state index contributed by atoms with van der Waals surface area (Å²) in [7, 11) is -0.542. The van der Waals surface area contributed by atoms with Gasteiger partial charge in [-0.25, -0.2) is 18.4 Å². The van der Waals surface area contributed by atoms with Crippen LogP contribution in [0.25, 0.3) is 0 Å². The largest absolute Gasteiger partial charge is 0.446 e. The lowest BCUT2D eigenvalue weighted by atomic mass is 9.87. The van der Waals surface area contributed by atoms with Crippen LogP contribution >= 0.6 is 0 Å². The van der Waals surface area contributed by atoms with Gasteiger partial charge in [0, 0.05) is 19.0 Å². The van der Waals surface area contributed by atoms with Crippen molar-refractivity contribution in [1.29, 1.82) is 0 Å². The number of hydrogen-bond acceptors (Lipinski definition) is 5. The van der Waals surface area contributed by atoms with Crippen molar-refractivity contribution in [3.05, 3.63) is 35.6 Å². The van der Waals surface area contributed by atoms with E-state index in [4.69, 9.17) is 4.74 Å². The average molecular weight is 415 g/mol. The van der Waals surface area contributed by atoms with Crippen LogP contribution in [0.3, 0.4) is 0 Å². The molecule has 4 unspecified atom stereocenters. The Morgan fingerprint density at radius 1 is 1.43 bits per heavy atom. The standard InChI is InChI=1S/C18H23F2N3O4S/c1-17(2,3)27-16(25)23(20)15-21-18(12-7-5-6-8-13(12)19)10-11(24)9-14(18)28(26)22(15)4/h5-8,11,14,24H,9-10H2,1-4H3. The molecule has 1 aliphatic carbocycles. The van der Waals surface area contributed by atoms with E-state index in [1.165, 1.54) is 25.2 Å². The first kappa shape index (κ1) is 20.7. The molecule has 0 aromatic heterocycles. The molecule has 7 nitrogen and oxygen atoms in total. The first-order valence-corrected chi connectivity index (χ1v) is 9.99. The van der Waals surface area contributed by atoms with E-state index in [1.54, 1.807) is 26.8 Å². The molecule has 1 amide bonds. The fourth-order valence-corrected chi connectivity index (χ4v) is 5.26. The molecule has 4 atom stereocenters. The van der Waals surface area contributed by atoms with Crippen molar-refractivity contribution in [1.82, 2.24) is 9.43 Å². The van der Waals surface area contributed by atoms with Gasteiger partial charge in [-0.2, -0.15) is 0 Å². The van der Waals surface area contributed by atoms with Gasteiger partial charge < -0.3 is 9.84 Å². The van der Waals surface area contributed by atoms with Gasteiger partial charge in [-0.05, 0) is 33.3 Å². The van der Waals surface area contributed by atoms with E-state index in [1.807, 2.05) is 0 Å². The van der Waals surface area contributed by atoms with Crippen molar-refractivity contribution in [3.8, 4) is 0 Å². The van der Waals surface area contributed by atoms with Gasteiger partial charge in [0.05, 0.1) is 11.4 Å². The molecule has 0 radical (unpaired) electrons. The minimum absolute atomic E-state index is 0.0379. The maximum Gasteiger partial charge on any atom is 0.446 e. The number of aliphatic hydroxyl groups is 1. The zero-order valence-corrected chi connectivity index (χ0v) is 16.9. The molecule has 154 valence electrons. The van der Waals surface area contributed by atoms with Gasteiger partial charge >= 0.3 is 6.09 Å². The number of nitrogens with zero attached hydrogens (tertiary/aromatic N) is 3. The van der Waals surface area contributed by atoms with E-state index < -0.39 is 51.3 Å². The van der Waals surface area contributed by atoms with Crippen LogP contribution in [0, 0.1) is 5.82 Å². The van der Waals surface area contributed by atoms with Crippen molar-refractivity contribution < 1.29 is 27.7 Å². The van der Waals surface area contributed by atoms with E-state index >= 15 is 0 Å². The molecule has 0 spiro atoms. The van der Waals surface area contributed by atoms with E-state index in [-0.39, 0.29) is 23.5 Å². The van der Waals surface area contributed by atoms with Crippen molar-refractivity contribution in [2.24, 2.45) is 4.99 Å². The summed E-state index contributed by atoms with van der Waals surface area (Å²) in [5.41, 5.74) is -2.30. The van der Waals surface area contributed by atoms with Crippen LogP contribution in [-0.2, 0) is 21.3 Å². The number of fused-ring (bicyclic) bond motifs is 1. The maximum atomic E-state index is 14.9. The first-order chi connectivity index (χ1) is 13.0. The number of aliphatic hydroxyl groups excluding tert-OH is 1. The number of ether oxygens (including phenoxy) is 1. The lowest BCUT2D eigenvalue weighted by molar-refractivity contribution is -0.00204. The second-order valence-corrected chi connectivity index (χ2v) is 9.60. The fourth-order valence-electron chi connectivity index (χ4n) is 3.61. The van der Waals surface area contributed by atoms with Crippen LogP contribution in [-0.4, -0.2) is 54.8 Å². The van der Waals surface area contributed by atoms with Crippen LogP contribution in [0.5, 0.6) is 0 Å². The number of guanidine groups is 1. The topological polar surface area (TPSA) is 82.4 Å². The predicted molar refractivity (Wildman–Crippen MR) is 99.6 cm³/mol. The molecule has 1 saturated carbocycles. The molecule has 0 saturated heterocycles. The molecule has 1 fully saturated rings. The number of rotatable bonds is 1. The molecule has 28 heavy (non-hydrogen) atoms. The number of carbonyl (C=O) groups excluding carboxylic acids is 1. The van der Waals surface area contributed by atoms with E-state index in [0.717, 1.165) is 4.31 Å². The molecule has 1 heterocycles. The number of carbonyl (C=O) groups is 1. The van der Waals surface area contributed by atoms with E-state index in [9.17, 15) is 23.0 Å². The van der Waals surface area contributed by atoms with Gasteiger partial charge in [-0.15, -0.1) is 0 Å². The van der Waals surface area contributed by atoms with E-state index in [2.05, 4.69) is 4.99 Å². The molecule has 10 heteroatoms. The average Bonchev–Trinajstić information content (AvgIpc) is 2.94. The number of amides is 1. The molecule has 1 aromatic carbocycles. The zero-order chi connectivity index (χ0) is 20.9. The van der Waals surface area contributed by atoms with Gasteiger partial charge in [0.1, 0.15) is 27.9 Å². The van der Waals surface area contributed by atoms with Crippen LogP contribution in [0.15, 0.2) is 29.3 Å². The number of aliphatic imine (C=N–C) groups is 1. The number of benzene rings is 1. The highest BCUT2D eigenvalue weighted by molar-refractivity contribution is 7.84. The summed E-state index contributed by atoms with van der Waals surface area (Å²) < 4.78 is 48.5. The molecule has 2 aliphatic rings. The number of halogens is 2. The third-order valence-electron chi connectivity index (χ3n) is 4.73. The smallest absolute Gasteiger partial charge is 0.442 e. The van der Waals surface area contributed by atoms with Crippen LogP contribution in [0.1, 0.15) is 39.2 Å². The molecule has 3 rings (SSSR count). The normalized spacial score (nSPS) is 29.9. The minimum atomic E-state index is -1.86. The Bertz CT molecular complexity index is 844. The van der Waals surface area contributed by atoms with Gasteiger partial charge in [-0.3, -0.25) is 4.31 Å². The molecule has 1 N–H and O–H groups in total. The predicted octanol–water partition coefficient (Wildman–Crippen LogP) is 2.63. The van der Waals surface area contributed by atoms with Crippen LogP contribution in [0.2, 0.25) is 0 Å². The summed E-state index contributed by atoms with van der Waals surface area (Å²) >= 11 is 0. The summed E-state index contributed by atoms with van der Waals surface area (Å²) in [6.45, 7) is 4.73. The van der Waals surface area contributed by atoms with Crippen molar-refractivity contribution >= 4 is 23.0 Å². The van der Waals surface area contributed by atoms with Gasteiger partial charge in [-0.1, -0.05) is 27.8 Å². The van der Waals surface area contributed by atoms with Crippen LogP contribution in [0.4, 0.5) is 13.7 Å². The third-order valence-corrected chi connectivity index (χ3v) is 6.50. The lowest BCUT2D eigenvalue weighted by Crippen LogP contribution is -2.54. The fraction of sp³-hybridized carbons (Fsp3) is 0.556. The monoisotopic (exact) mass is 415 g/mol. The Kier molecular flexibility index (Phi) is 5.22. The molecular formula is C18H23F2N3O4S. The van der Waals surface area contributed by atoms with Crippen molar-refractivity contribution in [2.75, 3.05) is 7.05 Å². The Hall–Kier alpha value is -2.07. The van der Waals surface area contributed by atoms with Crippen LogP contribution < -0.4 is 0 Å². The quantitative estimate of drug-likeness (QED) is 0.715. The zero-order valence-electron chi connectivity index (χ0n) is 16.1. The summed E-state index contributed by atoms with van der Waals surface area (Å²) in [6.07, 6.45) is -2.14. The Morgan fingerprint density at radius 3 is 2.68 bits per heavy atom. The summed E-state index contributed by atoms with van der Waals surface area (Å²) in [6, 6.07) is 5.78. The Labute approximate surface area is 164 Å². The molecule has 1 aliphatic heterocycles. The third kappa shape index (κ3) is 3.50. The second kappa shape index (κ2) is 7.07. The van der Waals surface area contributed by atoms with Gasteiger partial charge in [0.25, 0.3) is 0 Å². The highest BCUT2D eigenvalue weighted by Gasteiger charge is 2.57. The SMILES string of the molecule is CN1C(N(F)C(=O)OC(C)(C)C)=NC2(c3ccccc3F)CC(O)CC2S1=O. The minimum Gasteiger partial charge on any atom is -0.442 e. The lowest BCUT2D eigenvalue weighted by Gasteiger charge is -2.40. The number of hydrogen-bond donors (Lipinski definition) is 1. The molecular weight excluding hydrogens is 392 g/mol. The Morgan fingerprint density at radius 2 is 2.07 bits per heavy atom. The second-order valence-electron chi connectivity index (χ2n) is 7.93. The first-order valence-electron chi connectivity index (χ1n) is 8.82.